The van der Waals surface area contributed by atoms with Gasteiger partial charge in [0.1, 0.15) is 5.82 Å². The third-order valence-corrected chi connectivity index (χ3v) is 5.43. The molecule has 0 saturated heterocycles. The van der Waals surface area contributed by atoms with Crippen molar-refractivity contribution < 1.29 is 13.2 Å². The third-order valence-electron chi connectivity index (χ3n) is 5.43. The number of alkyl halides is 3. The minimum Gasteiger partial charge on any atom is -0.340 e. The van der Waals surface area contributed by atoms with Crippen LogP contribution in [0.1, 0.15) is 22.6 Å². The van der Waals surface area contributed by atoms with Crippen molar-refractivity contribution in [1.82, 2.24) is 19.9 Å². The lowest BCUT2D eigenvalue weighted by atomic mass is 10.1. The Morgan fingerprint density at radius 2 is 1.70 bits per heavy atom. The summed E-state index contributed by atoms with van der Waals surface area (Å²) in [5.41, 5.74) is 4.99. The van der Waals surface area contributed by atoms with Gasteiger partial charge in [0, 0.05) is 29.3 Å². The molecule has 0 aliphatic heterocycles. The highest BCUT2D eigenvalue weighted by atomic mass is 19.4. The summed E-state index contributed by atoms with van der Waals surface area (Å²) < 4.78 is 38.7. The molecule has 0 fully saturated rings. The molecule has 164 valence electrons. The summed E-state index contributed by atoms with van der Waals surface area (Å²) in [7, 11) is 0. The number of hydrogen-bond acceptors (Lipinski definition) is 3. The number of hydrogen-bond donors (Lipinski definition) is 1. The van der Waals surface area contributed by atoms with E-state index >= 15 is 0 Å². The van der Waals surface area contributed by atoms with Gasteiger partial charge in [0.15, 0.2) is 0 Å². The van der Waals surface area contributed by atoms with Gasteiger partial charge in [0.05, 0.1) is 28.2 Å². The minimum absolute atomic E-state index is 0.367. The molecule has 5 rings (SSSR count). The number of rotatable bonds is 4. The van der Waals surface area contributed by atoms with Crippen LogP contribution in [0.3, 0.4) is 0 Å². The van der Waals surface area contributed by atoms with Crippen LogP contribution in [-0.4, -0.2) is 19.9 Å². The van der Waals surface area contributed by atoms with E-state index in [0.717, 1.165) is 56.9 Å². The molecule has 3 heterocycles. The van der Waals surface area contributed by atoms with Gasteiger partial charge < -0.3 is 4.98 Å². The van der Waals surface area contributed by atoms with Crippen LogP contribution < -0.4 is 0 Å². The predicted octanol–water partition coefficient (Wildman–Crippen LogP) is 6.60. The number of H-pyrrole nitrogens is 1. The molecule has 1 N–H and O–H groups in total. The van der Waals surface area contributed by atoms with Crippen LogP contribution in [-0.2, 0) is 12.6 Å². The van der Waals surface area contributed by atoms with Crippen molar-refractivity contribution in [2.45, 2.75) is 19.5 Å². The zero-order chi connectivity index (χ0) is 23.0. The molecule has 0 aliphatic carbocycles. The van der Waals surface area contributed by atoms with Crippen molar-refractivity contribution in [2.75, 3.05) is 0 Å². The summed E-state index contributed by atoms with van der Waals surface area (Å²) in [6, 6.07) is 20.7. The smallest absolute Gasteiger partial charge is 0.340 e. The first-order chi connectivity index (χ1) is 15.9. The number of aryl methyl sites for hydroxylation is 1. The monoisotopic (exact) mass is 444 g/mol. The molecule has 0 unspecified atom stereocenters. The zero-order valence-corrected chi connectivity index (χ0v) is 17.7. The number of fused-ring (bicyclic) bond motifs is 1. The van der Waals surface area contributed by atoms with Crippen LogP contribution in [0.25, 0.3) is 33.5 Å². The summed E-state index contributed by atoms with van der Waals surface area (Å²) in [6.45, 7) is 1.92. The Balaban J connectivity index is 1.57. The molecule has 0 amide bonds. The molecule has 3 aromatic heterocycles. The molecule has 0 atom stereocenters. The second kappa shape index (κ2) is 8.16. The van der Waals surface area contributed by atoms with E-state index < -0.39 is 11.7 Å². The van der Waals surface area contributed by atoms with Crippen molar-refractivity contribution >= 4 is 10.9 Å². The first kappa shape index (κ1) is 20.9. The Labute approximate surface area is 188 Å². The maximum absolute atomic E-state index is 12.9. The number of halogens is 3. The van der Waals surface area contributed by atoms with Gasteiger partial charge in [0.25, 0.3) is 0 Å². The Bertz CT molecular complexity index is 1440. The summed E-state index contributed by atoms with van der Waals surface area (Å²) in [6.07, 6.45) is -2.24. The number of aromatic amines is 1. The van der Waals surface area contributed by atoms with Crippen LogP contribution in [0.15, 0.2) is 79.0 Å². The SMILES string of the molecule is Cc1cccc(-c2[nH]c(Cc3ccc(C(F)(F)F)cc3)nc2-c2ccc3ncccc3c2)n1. The molecule has 33 heavy (non-hydrogen) atoms. The molecule has 0 bridgehead atoms. The number of nitrogens with zero attached hydrogens (tertiary/aromatic N) is 3. The van der Waals surface area contributed by atoms with E-state index in [9.17, 15) is 13.2 Å². The van der Waals surface area contributed by atoms with Gasteiger partial charge in [0.2, 0.25) is 0 Å². The van der Waals surface area contributed by atoms with Crippen LogP contribution in [0.2, 0.25) is 0 Å². The number of benzene rings is 2. The summed E-state index contributed by atoms with van der Waals surface area (Å²) in [5.74, 6) is 0.648. The van der Waals surface area contributed by atoms with E-state index in [1.165, 1.54) is 12.1 Å². The van der Waals surface area contributed by atoms with Gasteiger partial charge >= 0.3 is 6.18 Å². The normalized spacial score (nSPS) is 11.8. The largest absolute Gasteiger partial charge is 0.416 e. The van der Waals surface area contributed by atoms with Gasteiger partial charge in [-0.1, -0.05) is 30.3 Å². The van der Waals surface area contributed by atoms with Gasteiger partial charge in [-0.15, -0.1) is 0 Å². The molecular weight excluding hydrogens is 425 g/mol. The lowest BCUT2D eigenvalue weighted by molar-refractivity contribution is -0.137. The Morgan fingerprint density at radius 3 is 2.45 bits per heavy atom. The number of nitrogens with one attached hydrogen (secondary N) is 1. The van der Waals surface area contributed by atoms with E-state index in [1.54, 1.807) is 6.20 Å². The third kappa shape index (κ3) is 4.35. The highest BCUT2D eigenvalue weighted by Gasteiger charge is 2.30. The maximum atomic E-state index is 12.9. The quantitative estimate of drug-likeness (QED) is 0.340. The average Bonchev–Trinajstić information content (AvgIpc) is 3.22. The second-order valence-electron chi connectivity index (χ2n) is 7.85. The van der Waals surface area contributed by atoms with Crippen molar-refractivity contribution in [1.29, 1.82) is 0 Å². The van der Waals surface area contributed by atoms with Crippen molar-refractivity contribution in [3.8, 4) is 22.6 Å². The maximum Gasteiger partial charge on any atom is 0.416 e. The highest BCUT2D eigenvalue weighted by Crippen LogP contribution is 2.32. The fourth-order valence-corrected chi connectivity index (χ4v) is 3.81. The Kier molecular flexibility index (Phi) is 5.17. The van der Waals surface area contributed by atoms with Gasteiger partial charge in [-0.2, -0.15) is 13.2 Å². The summed E-state index contributed by atoms with van der Waals surface area (Å²) in [5, 5.41) is 0.991. The molecule has 0 spiro atoms. The van der Waals surface area contributed by atoms with E-state index in [4.69, 9.17) is 4.98 Å². The first-order valence-corrected chi connectivity index (χ1v) is 10.4. The van der Waals surface area contributed by atoms with E-state index in [0.29, 0.717) is 12.2 Å². The molecule has 7 heteroatoms. The average molecular weight is 444 g/mol. The first-order valence-electron chi connectivity index (χ1n) is 10.4. The van der Waals surface area contributed by atoms with Gasteiger partial charge in [-0.05, 0) is 55.0 Å². The minimum atomic E-state index is -4.36. The van der Waals surface area contributed by atoms with Crippen molar-refractivity contribution in [2.24, 2.45) is 0 Å². The Hall–Kier alpha value is -4.00. The van der Waals surface area contributed by atoms with E-state index in [2.05, 4.69) is 15.0 Å². The standard InChI is InChI=1S/C26H19F3N4/c1-16-4-2-6-22(31-16)25-24(19-9-12-21-18(15-19)5-3-13-30-21)32-23(33-25)14-17-7-10-20(11-8-17)26(27,28)29/h2-13,15H,14H2,1H3,(H,32,33). The van der Waals surface area contributed by atoms with Gasteiger partial charge in [-0.3, -0.25) is 9.97 Å². The van der Waals surface area contributed by atoms with Crippen molar-refractivity contribution in [3.05, 3.63) is 102 Å². The van der Waals surface area contributed by atoms with Crippen molar-refractivity contribution in [3.63, 3.8) is 0 Å². The molecular formula is C26H19F3N4. The molecule has 5 aromatic rings. The molecule has 4 nitrogen and oxygen atoms in total. The Morgan fingerprint density at radius 1 is 0.879 bits per heavy atom. The van der Waals surface area contributed by atoms with E-state index in [-0.39, 0.29) is 0 Å². The summed E-state index contributed by atoms with van der Waals surface area (Å²) in [4.78, 5) is 17.2. The number of aromatic nitrogens is 4. The van der Waals surface area contributed by atoms with Crippen LogP contribution >= 0.6 is 0 Å². The molecule has 0 aliphatic rings. The molecule has 0 saturated carbocycles. The second-order valence-corrected chi connectivity index (χ2v) is 7.85. The predicted molar refractivity (Wildman–Crippen MR) is 122 cm³/mol. The zero-order valence-electron chi connectivity index (χ0n) is 17.7. The fraction of sp³-hybridized carbons (Fsp3) is 0.115. The lowest BCUT2D eigenvalue weighted by Crippen LogP contribution is -2.04. The summed E-state index contributed by atoms with van der Waals surface area (Å²) >= 11 is 0. The molecule has 0 radical (unpaired) electrons. The highest BCUT2D eigenvalue weighted by molar-refractivity contribution is 5.86. The van der Waals surface area contributed by atoms with Crippen LogP contribution in [0, 0.1) is 6.92 Å². The number of imidazole rings is 1. The molecule has 2 aromatic carbocycles. The van der Waals surface area contributed by atoms with Crippen LogP contribution in [0.4, 0.5) is 13.2 Å². The van der Waals surface area contributed by atoms with Gasteiger partial charge in [-0.25, -0.2) is 4.98 Å². The fourth-order valence-electron chi connectivity index (χ4n) is 3.81. The van der Waals surface area contributed by atoms with E-state index in [1.807, 2.05) is 55.5 Å². The topological polar surface area (TPSA) is 54.5 Å². The lowest BCUT2D eigenvalue weighted by Gasteiger charge is -2.06. The van der Waals surface area contributed by atoms with Crippen LogP contribution in [0.5, 0.6) is 0 Å². The number of pyridine rings is 2.